The summed E-state index contributed by atoms with van der Waals surface area (Å²) in [6.07, 6.45) is 3.79. The third kappa shape index (κ3) is 6.21. The third-order valence-electron chi connectivity index (χ3n) is 1.76. The molecule has 0 aliphatic heterocycles. The Bertz CT molecular complexity index is 417. The van der Waals surface area contributed by atoms with Crippen molar-refractivity contribution in [3.8, 4) is 0 Å². The van der Waals surface area contributed by atoms with Gasteiger partial charge in [-0.3, -0.25) is 9.23 Å². The SMILES string of the molecule is O=S(=O)(O)CCCOCCn1cc(Br)cn1. The van der Waals surface area contributed by atoms with Crippen molar-refractivity contribution < 1.29 is 17.7 Å². The molecule has 6 nitrogen and oxygen atoms in total. The van der Waals surface area contributed by atoms with Gasteiger partial charge in [0.25, 0.3) is 10.1 Å². The van der Waals surface area contributed by atoms with Crippen LogP contribution in [0.15, 0.2) is 16.9 Å². The zero-order valence-electron chi connectivity index (χ0n) is 8.54. The summed E-state index contributed by atoms with van der Waals surface area (Å²) in [5, 5.41) is 4.03. The van der Waals surface area contributed by atoms with Crippen LogP contribution < -0.4 is 0 Å². The number of rotatable bonds is 7. The molecule has 16 heavy (non-hydrogen) atoms. The number of halogens is 1. The Morgan fingerprint density at radius 2 is 2.25 bits per heavy atom. The predicted molar refractivity (Wildman–Crippen MR) is 61.8 cm³/mol. The van der Waals surface area contributed by atoms with Crippen molar-refractivity contribution in [1.29, 1.82) is 0 Å². The Labute approximate surface area is 102 Å². The highest BCUT2D eigenvalue weighted by Crippen LogP contribution is 2.05. The minimum absolute atomic E-state index is 0.264. The average Bonchev–Trinajstić information content (AvgIpc) is 2.56. The largest absolute Gasteiger partial charge is 0.379 e. The van der Waals surface area contributed by atoms with Crippen LogP contribution in [0.4, 0.5) is 0 Å². The van der Waals surface area contributed by atoms with Crippen molar-refractivity contribution in [3.05, 3.63) is 16.9 Å². The smallest absolute Gasteiger partial charge is 0.264 e. The molecule has 0 unspecified atom stereocenters. The number of ether oxygens (including phenoxy) is 1. The first-order valence-corrected chi connectivity index (χ1v) is 7.08. The molecule has 8 heteroatoms. The molecule has 0 saturated carbocycles. The second kappa shape index (κ2) is 6.33. The van der Waals surface area contributed by atoms with Gasteiger partial charge in [-0.25, -0.2) is 0 Å². The lowest BCUT2D eigenvalue weighted by Gasteiger charge is -2.03. The van der Waals surface area contributed by atoms with Crippen molar-refractivity contribution in [3.63, 3.8) is 0 Å². The number of aromatic nitrogens is 2. The van der Waals surface area contributed by atoms with E-state index in [4.69, 9.17) is 9.29 Å². The highest BCUT2D eigenvalue weighted by atomic mass is 79.9. The van der Waals surface area contributed by atoms with E-state index in [0.717, 1.165) is 4.47 Å². The summed E-state index contributed by atoms with van der Waals surface area (Å²) >= 11 is 3.27. The van der Waals surface area contributed by atoms with Crippen LogP contribution in [0.1, 0.15) is 6.42 Å². The van der Waals surface area contributed by atoms with Gasteiger partial charge in [0.05, 0.1) is 29.6 Å². The van der Waals surface area contributed by atoms with Crippen LogP contribution in [0.25, 0.3) is 0 Å². The zero-order valence-corrected chi connectivity index (χ0v) is 10.9. The molecular weight excluding hydrogens is 300 g/mol. The second-order valence-corrected chi connectivity index (χ2v) is 5.66. The normalized spacial score (nSPS) is 11.9. The van der Waals surface area contributed by atoms with Crippen molar-refractivity contribution in [2.75, 3.05) is 19.0 Å². The van der Waals surface area contributed by atoms with Crippen LogP contribution in [0.3, 0.4) is 0 Å². The molecule has 1 N–H and O–H groups in total. The molecule has 0 aromatic carbocycles. The van der Waals surface area contributed by atoms with Crippen molar-refractivity contribution in [2.24, 2.45) is 0 Å². The van der Waals surface area contributed by atoms with E-state index in [1.54, 1.807) is 10.9 Å². The van der Waals surface area contributed by atoms with Crippen LogP contribution in [-0.4, -0.2) is 41.7 Å². The maximum absolute atomic E-state index is 10.4. The van der Waals surface area contributed by atoms with Crippen molar-refractivity contribution in [2.45, 2.75) is 13.0 Å². The summed E-state index contributed by atoms with van der Waals surface area (Å²) in [6.45, 7) is 1.37. The molecule has 1 aromatic rings. The summed E-state index contributed by atoms with van der Waals surface area (Å²) in [7, 11) is -3.86. The minimum atomic E-state index is -3.86. The van der Waals surface area contributed by atoms with E-state index in [9.17, 15) is 8.42 Å². The zero-order chi connectivity index (χ0) is 12.0. The second-order valence-electron chi connectivity index (χ2n) is 3.17. The first-order valence-electron chi connectivity index (χ1n) is 4.68. The maximum atomic E-state index is 10.4. The fourth-order valence-corrected chi connectivity index (χ4v) is 1.87. The summed E-state index contributed by atoms with van der Waals surface area (Å²) in [5.41, 5.74) is 0. The topological polar surface area (TPSA) is 81.4 Å². The Morgan fingerprint density at radius 3 is 2.81 bits per heavy atom. The quantitative estimate of drug-likeness (QED) is 0.598. The highest BCUT2D eigenvalue weighted by Gasteiger charge is 2.03. The lowest BCUT2D eigenvalue weighted by Crippen LogP contribution is -2.10. The van der Waals surface area contributed by atoms with E-state index in [2.05, 4.69) is 21.0 Å². The summed E-state index contributed by atoms with van der Waals surface area (Å²) < 4.78 is 37.0. The van der Waals surface area contributed by atoms with Crippen LogP contribution in [-0.2, 0) is 21.4 Å². The molecule has 0 saturated heterocycles. The van der Waals surface area contributed by atoms with Crippen molar-refractivity contribution in [1.82, 2.24) is 9.78 Å². The van der Waals surface area contributed by atoms with Gasteiger partial charge in [0.15, 0.2) is 0 Å². The highest BCUT2D eigenvalue weighted by molar-refractivity contribution is 9.10. The molecule has 0 aliphatic rings. The van der Waals surface area contributed by atoms with Gasteiger partial charge < -0.3 is 4.74 Å². The van der Waals surface area contributed by atoms with E-state index in [1.807, 2.05) is 6.20 Å². The minimum Gasteiger partial charge on any atom is -0.379 e. The first kappa shape index (κ1) is 13.6. The molecule has 0 radical (unpaired) electrons. The molecule has 1 aromatic heterocycles. The van der Waals surface area contributed by atoms with E-state index in [1.165, 1.54) is 0 Å². The van der Waals surface area contributed by atoms with Gasteiger partial charge in [0, 0.05) is 12.8 Å². The molecule has 1 heterocycles. The van der Waals surface area contributed by atoms with Crippen molar-refractivity contribution >= 4 is 26.0 Å². The Kier molecular flexibility index (Phi) is 5.39. The van der Waals surface area contributed by atoms with Gasteiger partial charge >= 0.3 is 0 Å². The monoisotopic (exact) mass is 312 g/mol. The summed E-state index contributed by atoms with van der Waals surface area (Å²) in [6, 6.07) is 0. The van der Waals surface area contributed by atoms with E-state index < -0.39 is 10.1 Å². The molecule has 0 bridgehead atoms. The van der Waals surface area contributed by atoms with Crippen LogP contribution >= 0.6 is 15.9 Å². The average molecular weight is 313 g/mol. The van der Waals surface area contributed by atoms with Crippen LogP contribution in [0.2, 0.25) is 0 Å². The number of hydrogen-bond acceptors (Lipinski definition) is 4. The molecule has 1 rings (SSSR count). The molecule has 0 aliphatic carbocycles. The third-order valence-corrected chi connectivity index (χ3v) is 2.97. The number of nitrogens with zero attached hydrogens (tertiary/aromatic N) is 2. The maximum Gasteiger partial charge on any atom is 0.264 e. The van der Waals surface area contributed by atoms with Gasteiger partial charge in [-0.05, 0) is 22.4 Å². The van der Waals surface area contributed by atoms with E-state index >= 15 is 0 Å². The lowest BCUT2D eigenvalue weighted by molar-refractivity contribution is 0.124. The first-order chi connectivity index (χ1) is 7.47. The van der Waals surface area contributed by atoms with E-state index in [0.29, 0.717) is 26.2 Å². The fourth-order valence-electron chi connectivity index (χ4n) is 1.06. The predicted octanol–water partition coefficient (Wildman–Crippen LogP) is 0.940. The molecule has 0 spiro atoms. The van der Waals surface area contributed by atoms with Crippen LogP contribution in [0, 0.1) is 0 Å². The molecule has 0 fully saturated rings. The fraction of sp³-hybridized carbons (Fsp3) is 0.625. The van der Waals surface area contributed by atoms with E-state index in [-0.39, 0.29) is 5.75 Å². The molecular formula is C8H13BrN2O4S. The van der Waals surface area contributed by atoms with Gasteiger partial charge in [-0.2, -0.15) is 13.5 Å². The van der Waals surface area contributed by atoms with Crippen LogP contribution in [0.5, 0.6) is 0 Å². The molecule has 0 atom stereocenters. The number of hydrogen-bond donors (Lipinski definition) is 1. The Hall–Kier alpha value is -0.440. The Balaban J connectivity index is 2.04. The summed E-state index contributed by atoms with van der Waals surface area (Å²) in [4.78, 5) is 0. The van der Waals surface area contributed by atoms with Gasteiger partial charge in [-0.15, -0.1) is 0 Å². The summed E-state index contributed by atoms with van der Waals surface area (Å²) in [5.74, 6) is -0.264. The Morgan fingerprint density at radius 1 is 1.50 bits per heavy atom. The van der Waals surface area contributed by atoms with Gasteiger partial charge in [-0.1, -0.05) is 0 Å². The lowest BCUT2D eigenvalue weighted by atomic mass is 10.5. The standard InChI is InChI=1S/C8H13BrN2O4S/c9-8-6-10-11(7-8)2-4-15-3-1-5-16(12,13)14/h6-7H,1-5H2,(H,12,13,14). The molecule has 92 valence electrons. The van der Waals surface area contributed by atoms with Gasteiger partial charge in [0.1, 0.15) is 0 Å². The molecule has 0 amide bonds. The van der Waals surface area contributed by atoms with Gasteiger partial charge in [0.2, 0.25) is 0 Å².